The predicted molar refractivity (Wildman–Crippen MR) is 92.8 cm³/mol. The Labute approximate surface area is 142 Å². The van der Waals surface area contributed by atoms with Crippen molar-refractivity contribution in [1.82, 2.24) is 5.32 Å². The van der Waals surface area contributed by atoms with Gasteiger partial charge in [0.1, 0.15) is 11.6 Å². The molecule has 0 aromatic heterocycles. The van der Waals surface area contributed by atoms with E-state index >= 15 is 0 Å². The van der Waals surface area contributed by atoms with Crippen molar-refractivity contribution < 1.29 is 14.2 Å². The van der Waals surface area contributed by atoms with Crippen LogP contribution in [0.25, 0.3) is 0 Å². The summed E-state index contributed by atoms with van der Waals surface area (Å²) in [7, 11) is 0. The summed E-state index contributed by atoms with van der Waals surface area (Å²) in [5.41, 5.74) is 2.29. The summed E-state index contributed by atoms with van der Waals surface area (Å²) in [5, 5.41) is 12.4. The quantitative estimate of drug-likeness (QED) is 0.855. The highest BCUT2D eigenvalue weighted by Gasteiger charge is 2.27. The van der Waals surface area contributed by atoms with Crippen molar-refractivity contribution in [2.75, 3.05) is 26.3 Å². The maximum Gasteiger partial charge on any atom is 0.123 e. The van der Waals surface area contributed by atoms with Crippen LogP contribution in [0.2, 0.25) is 0 Å². The molecule has 0 amide bonds. The maximum atomic E-state index is 13.2. The minimum Gasteiger partial charge on any atom is -0.493 e. The monoisotopic (exact) mass is 329 g/mol. The first-order valence-corrected chi connectivity index (χ1v) is 8.55. The van der Waals surface area contributed by atoms with Gasteiger partial charge in [0.15, 0.2) is 0 Å². The minimum absolute atomic E-state index is 0.160. The number of aliphatic hydroxyl groups is 1. The molecular weight excluding hydrogens is 305 g/mol. The molecule has 1 aliphatic rings. The zero-order chi connectivity index (χ0) is 16.8. The number of piperidine rings is 1. The van der Waals surface area contributed by atoms with E-state index in [0.717, 1.165) is 30.8 Å². The summed E-state index contributed by atoms with van der Waals surface area (Å²) in [4.78, 5) is 0. The first-order chi connectivity index (χ1) is 11.8. The molecule has 2 N–H and O–H groups in total. The van der Waals surface area contributed by atoms with Crippen LogP contribution in [-0.2, 0) is 6.42 Å². The Morgan fingerprint density at radius 3 is 2.54 bits per heavy atom. The molecule has 2 aromatic carbocycles. The average molecular weight is 329 g/mol. The molecule has 1 heterocycles. The lowest BCUT2D eigenvalue weighted by molar-refractivity contribution is 0.197. The van der Waals surface area contributed by atoms with Gasteiger partial charge < -0.3 is 15.2 Å². The molecule has 1 saturated heterocycles. The molecule has 4 heteroatoms. The largest absolute Gasteiger partial charge is 0.493 e. The van der Waals surface area contributed by atoms with Crippen LogP contribution < -0.4 is 10.1 Å². The van der Waals surface area contributed by atoms with Crippen LogP contribution in [-0.4, -0.2) is 31.4 Å². The van der Waals surface area contributed by atoms with Crippen LogP contribution in [0.3, 0.4) is 0 Å². The van der Waals surface area contributed by atoms with Gasteiger partial charge in [0.05, 0.1) is 6.61 Å². The summed E-state index contributed by atoms with van der Waals surface area (Å²) in [6.45, 7) is 2.68. The van der Waals surface area contributed by atoms with E-state index in [9.17, 15) is 4.39 Å². The molecule has 1 fully saturated rings. The molecule has 0 aliphatic carbocycles. The molecule has 24 heavy (non-hydrogen) atoms. The highest BCUT2D eigenvalue weighted by atomic mass is 19.1. The lowest BCUT2D eigenvalue weighted by Crippen LogP contribution is -2.38. The SMILES string of the molecule is OCCc1ccc(OCC2CNCCC2c2ccc(F)cc2)cc1. The fraction of sp³-hybridized carbons (Fsp3) is 0.400. The van der Waals surface area contributed by atoms with Crippen molar-refractivity contribution >= 4 is 0 Å². The number of hydrogen-bond donors (Lipinski definition) is 2. The van der Waals surface area contributed by atoms with E-state index in [1.54, 1.807) is 0 Å². The first kappa shape index (κ1) is 16.9. The smallest absolute Gasteiger partial charge is 0.123 e. The molecule has 0 radical (unpaired) electrons. The topological polar surface area (TPSA) is 41.5 Å². The van der Waals surface area contributed by atoms with Gasteiger partial charge >= 0.3 is 0 Å². The normalized spacial score (nSPS) is 20.8. The molecule has 0 saturated carbocycles. The third-order valence-corrected chi connectivity index (χ3v) is 4.69. The first-order valence-electron chi connectivity index (χ1n) is 8.55. The summed E-state index contributed by atoms with van der Waals surface area (Å²) < 4.78 is 19.1. The Bertz CT molecular complexity index is 627. The maximum absolute atomic E-state index is 13.2. The molecular formula is C20H24FNO2. The van der Waals surface area contributed by atoms with Crippen LogP contribution in [0.15, 0.2) is 48.5 Å². The summed E-state index contributed by atoms with van der Waals surface area (Å²) >= 11 is 0. The zero-order valence-electron chi connectivity index (χ0n) is 13.7. The van der Waals surface area contributed by atoms with Gasteiger partial charge in [-0.05, 0) is 60.7 Å². The number of aliphatic hydroxyl groups excluding tert-OH is 1. The number of hydrogen-bond acceptors (Lipinski definition) is 3. The van der Waals surface area contributed by atoms with Crippen molar-refractivity contribution in [1.29, 1.82) is 0 Å². The molecule has 1 aliphatic heterocycles. The summed E-state index contributed by atoms with van der Waals surface area (Å²) in [5.74, 6) is 1.41. The van der Waals surface area contributed by atoms with Gasteiger partial charge in [0, 0.05) is 19.1 Å². The molecule has 128 valence electrons. The number of nitrogens with one attached hydrogen (secondary N) is 1. The molecule has 2 unspecified atom stereocenters. The van der Waals surface area contributed by atoms with E-state index in [-0.39, 0.29) is 12.4 Å². The lowest BCUT2D eigenvalue weighted by Gasteiger charge is -2.32. The van der Waals surface area contributed by atoms with Crippen molar-refractivity contribution in [3.8, 4) is 5.75 Å². The van der Waals surface area contributed by atoms with Crippen LogP contribution in [0, 0.1) is 11.7 Å². The van der Waals surface area contributed by atoms with E-state index in [2.05, 4.69) is 5.32 Å². The van der Waals surface area contributed by atoms with Crippen LogP contribution in [0.4, 0.5) is 4.39 Å². The molecule has 0 bridgehead atoms. The Morgan fingerprint density at radius 2 is 1.83 bits per heavy atom. The Hall–Kier alpha value is -1.91. The van der Waals surface area contributed by atoms with Crippen molar-refractivity contribution in [2.45, 2.75) is 18.8 Å². The number of ether oxygens (including phenoxy) is 1. The van der Waals surface area contributed by atoms with E-state index in [4.69, 9.17) is 9.84 Å². The lowest BCUT2D eigenvalue weighted by atomic mass is 9.81. The zero-order valence-corrected chi connectivity index (χ0v) is 13.7. The molecule has 2 aromatic rings. The van der Waals surface area contributed by atoms with E-state index in [1.807, 2.05) is 36.4 Å². The van der Waals surface area contributed by atoms with Crippen LogP contribution in [0.5, 0.6) is 5.75 Å². The van der Waals surface area contributed by atoms with Gasteiger partial charge in [0.2, 0.25) is 0 Å². The summed E-state index contributed by atoms with van der Waals surface area (Å²) in [6.07, 6.45) is 1.70. The third kappa shape index (κ3) is 4.34. The predicted octanol–water partition coefficient (Wildman–Crippen LogP) is 3.13. The van der Waals surface area contributed by atoms with E-state index in [1.165, 1.54) is 17.7 Å². The van der Waals surface area contributed by atoms with Gasteiger partial charge in [-0.2, -0.15) is 0 Å². The van der Waals surface area contributed by atoms with Gasteiger partial charge in [0.25, 0.3) is 0 Å². The van der Waals surface area contributed by atoms with Gasteiger partial charge in [-0.15, -0.1) is 0 Å². The number of rotatable bonds is 6. The van der Waals surface area contributed by atoms with Gasteiger partial charge in [-0.25, -0.2) is 4.39 Å². The second-order valence-corrected chi connectivity index (χ2v) is 6.34. The molecule has 0 spiro atoms. The fourth-order valence-corrected chi connectivity index (χ4v) is 3.33. The van der Waals surface area contributed by atoms with E-state index < -0.39 is 0 Å². The average Bonchev–Trinajstić information content (AvgIpc) is 2.62. The number of benzene rings is 2. The van der Waals surface area contributed by atoms with Crippen LogP contribution in [0.1, 0.15) is 23.5 Å². The Morgan fingerprint density at radius 1 is 1.08 bits per heavy atom. The van der Waals surface area contributed by atoms with Gasteiger partial charge in [-0.1, -0.05) is 24.3 Å². The molecule has 3 rings (SSSR count). The standard InChI is InChI=1S/C20H24FNO2/c21-18-5-3-16(4-6-18)20-9-11-22-13-17(20)14-24-19-7-1-15(2-8-19)10-12-23/h1-8,17,20,22-23H,9-14H2. The Balaban J connectivity index is 1.62. The van der Waals surface area contributed by atoms with Crippen LogP contribution >= 0.6 is 0 Å². The minimum atomic E-state index is -0.191. The van der Waals surface area contributed by atoms with Crippen molar-refractivity contribution in [3.63, 3.8) is 0 Å². The second-order valence-electron chi connectivity index (χ2n) is 6.34. The number of halogens is 1. The molecule has 2 atom stereocenters. The third-order valence-electron chi connectivity index (χ3n) is 4.69. The highest BCUT2D eigenvalue weighted by Crippen LogP contribution is 2.31. The fourth-order valence-electron chi connectivity index (χ4n) is 3.33. The highest BCUT2D eigenvalue weighted by molar-refractivity contribution is 5.27. The Kier molecular flexibility index (Phi) is 5.83. The van der Waals surface area contributed by atoms with Crippen molar-refractivity contribution in [3.05, 3.63) is 65.5 Å². The van der Waals surface area contributed by atoms with E-state index in [0.29, 0.717) is 24.9 Å². The second kappa shape index (κ2) is 8.27. The van der Waals surface area contributed by atoms with Crippen molar-refractivity contribution in [2.24, 2.45) is 5.92 Å². The summed E-state index contributed by atoms with van der Waals surface area (Å²) in [6, 6.07) is 14.7. The molecule has 3 nitrogen and oxygen atoms in total. The van der Waals surface area contributed by atoms with Gasteiger partial charge in [-0.3, -0.25) is 0 Å².